The Kier molecular flexibility index (Phi) is 2.25. The Bertz CT molecular complexity index is 452. The van der Waals surface area contributed by atoms with E-state index in [1.165, 1.54) is 0 Å². The molecule has 2 rings (SSSR count). The van der Waals surface area contributed by atoms with Crippen molar-refractivity contribution in [2.75, 3.05) is 0 Å². The number of hydrogen-bond acceptors (Lipinski definition) is 3. The van der Waals surface area contributed by atoms with Gasteiger partial charge in [0, 0.05) is 10.9 Å². The van der Waals surface area contributed by atoms with Crippen LogP contribution in [-0.2, 0) is 0 Å². The van der Waals surface area contributed by atoms with E-state index >= 15 is 0 Å². The molecule has 0 amide bonds. The van der Waals surface area contributed by atoms with Gasteiger partial charge in [-0.1, -0.05) is 0 Å². The van der Waals surface area contributed by atoms with Crippen LogP contribution in [0.15, 0.2) is 27.3 Å². The molecular weight excluding hydrogens is 196 g/mol. The lowest BCUT2D eigenvalue weighted by molar-refractivity contribution is 0.101. The largest absolute Gasteiger partial charge is 0.461 e. The van der Waals surface area contributed by atoms with Crippen molar-refractivity contribution >= 4 is 17.1 Å². The highest BCUT2D eigenvalue weighted by molar-refractivity contribution is 7.08. The predicted octanol–water partition coefficient (Wildman–Crippen LogP) is 3.52. The molecule has 3 heteroatoms. The molecule has 0 atom stereocenters. The number of thiophene rings is 1. The second kappa shape index (κ2) is 3.42. The molecule has 2 aromatic rings. The molecular formula is C11H10O2S. The first-order chi connectivity index (χ1) is 6.68. The molecule has 2 heterocycles. The van der Waals surface area contributed by atoms with Gasteiger partial charge in [0.05, 0.1) is 5.56 Å². The molecule has 0 aromatic carbocycles. The maximum absolute atomic E-state index is 11.2. The number of aryl methyl sites for hydroxylation is 1. The number of ketones is 1. The summed E-state index contributed by atoms with van der Waals surface area (Å²) in [5.74, 6) is 1.51. The van der Waals surface area contributed by atoms with Crippen LogP contribution in [0.4, 0.5) is 0 Å². The fraction of sp³-hybridized carbons (Fsp3) is 0.182. The fourth-order valence-corrected chi connectivity index (χ4v) is 2.02. The summed E-state index contributed by atoms with van der Waals surface area (Å²) in [6, 6.07) is 3.78. The fourth-order valence-electron chi connectivity index (χ4n) is 1.38. The molecule has 2 nitrogen and oxygen atoms in total. The molecule has 0 unspecified atom stereocenters. The van der Waals surface area contributed by atoms with Crippen molar-refractivity contribution in [3.05, 3.63) is 34.2 Å². The van der Waals surface area contributed by atoms with Crippen LogP contribution < -0.4 is 0 Å². The van der Waals surface area contributed by atoms with Gasteiger partial charge in [-0.2, -0.15) is 11.3 Å². The van der Waals surface area contributed by atoms with Crippen molar-refractivity contribution in [2.24, 2.45) is 0 Å². The zero-order valence-electron chi connectivity index (χ0n) is 8.03. The Morgan fingerprint density at radius 1 is 1.50 bits per heavy atom. The maximum Gasteiger partial charge on any atom is 0.163 e. The monoisotopic (exact) mass is 206 g/mol. The van der Waals surface area contributed by atoms with Gasteiger partial charge < -0.3 is 4.42 Å². The van der Waals surface area contributed by atoms with Crippen LogP contribution in [-0.4, -0.2) is 5.78 Å². The number of hydrogen-bond donors (Lipinski definition) is 0. The summed E-state index contributed by atoms with van der Waals surface area (Å²) in [5.41, 5.74) is 1.71. The van der Waals surface area contributed by atoms with E-state index in [0.717, 1.165) is 11.3 Å². The second-order valence-corrected chi connectivity index (χ2v) is 3.93. The average molecular weight is 206 g/mol. The van der Waals surface area contributed by atoms with E-state index in [1.807, 2.05) is 23.8 Å². The summed E-state index contributed by atoms with van der Waals surface area (Å²) >= 11 is 1.61. The lowest BCUT2D eigenvalue weighted by atomic mass is 10.1. The minimum Gasteiger partial charge on any atom is -0.461 e. The minimum absolute atomic E-state index is 0.0488. The molecule has 0 aliphatic rings. The zero-order valence-corrected chi connectivity index (χ0v) is 8.85. The van der Waals surface area contributed by atoms with E-state index in [-0.39, 0.29) is 5.78 Å². The molecule has 0 bridgehead atoms. The standard InChI is InChI=1S/C11H10O2S/c1-7(12)10-5-11(13-8(10)2)9-3-4-14-6-9/h3-6H,1-2H3. The molecule has 0 aliphatic carbocycles. The molecule has 0 aliphatic heterocycles. The van der Waals surface area contributed by atoms with Gasteiger partial charge in [-0.15, -0.1) is 0 Å². The van der Waals surface area contributed by atoms with Crippen LogP contribution in [0.3, 0.4) is 0 Å². The number of carbonyl (C=O) groups excluding carboxylic acids is 1. The summed E-state index contributed by atoms with van der Waals surface area (Å²) in [6.45, 7) is 3.36. The van der Waals surface area contributed by atoms with Crippen molar-refractivity contribution in [3.8, 4) is 11.3 Å². The van der Waals surface area contributed by atoms with E-state index in [9.17, 15) is 4.79 Å². The Morgan fingerprint density at radius 3 is 2.79 bits per heavy atom. The van der Waals surface area contributed by atoms with E-state index in [1.54, 1.807) is 24.3 Å². The van der Waals surface area contributed by atoms with Gasteiger partial charge in [-0.3, -0.25) is 4.79 Å². The topological polar surface area (TPSA) is 30.2 Å². The lowest BCUT2D eigenvalue weighted by Crippen LogP contribution is -1.89. The van der Waals surface area contributed by atoms with Gasteiger partial charge in [-0.25, -0.2) is 0 Å². The van der Waals surface area contributed by atoms with Gasteiger partial charge in [0.15, 0.2) is 5.78 Å². The van der Waals surface area contributed by atoms with E-state index in [0.29, 0.717) is 11.3 Å². The van der Waals surface area contributed by atoms with E-state index in [2.05, 4.69) is 0 Å². The second-order valence-electron chi connectivity index (χ2n) is 3.15. The van der Waals surface area contributed by atoms with Gasteiger partial charge in [0.1, 0.15) is 11.5 Å². The summed E-state index contributed by atoms with van der Waals surface area (Å²) in [5, 5.41) is 3.99. The van der Waals surface area contributed by atoms with Crippen LogP contribution in [0.5, 0.6) is 0 Å². The van der Waals surface area contributed by atoms with Crippen LogP contribution in [0.1, 0.15) is 23.0 Å². The van der Waals surface area contributed by atoms with Gasteiger partial charge >= 0.3 is 0 Å². The quantitative estimate of drug-likeness (QED) is 0.704. The summed E-state index contributed by atoms with van der Waals surface area (Å²) in [7, 11) is 0. The summed E-state index contributed by atoms with van der Waals surface area (Å²) in [6.07, 6.45) is 0. The lowest BCUT2D eigenvalue weighted by Gasteiger charge is -1.87. The molecule has 0 saturated heterocycles. The first-order valence-electron chi connectivity index (χ1n) is 4.32. The first kappa shape index (κ1) is 9.21. The van der Waals surface area contributed by atoms with Gasteiger partial charge in [0.25, 0.3) is 0 Å². The third-order valence-corrected chi connectivity index (χ3v) is 2.79. The van der Waals surface area contributed by atoms with Crippen LogP contribution >= 0.6 is 11.3 Å². The molecule has 0 radical (unpaired) electrons. The third kappa shape index (κ3) is 1.51. The molecule has 0 spiro atoms. The Labute approximate surface area is 86.2 Å². The molecule has 0 N–H and O–H groups in total. The van der Waals surface area contributed by atoms with Gasteiger partial charge in [-0.05, 0) is 31.4 Å². The van der Waals surface area contributed by atoms with Crippen LogP contribution in [0, 0.1) is 6.92 Å². The van der Waals surface area contributed by atoms with Crippen LogP contribution in [0.2, 0.25) is 0 Å². The number of carbonyl (C=O) groups is 1. The molecule has 14 heavy (non-hydrogen) atoms. The van der Waals surface area contributed by atoms with E-state index in [4.69, 9.17) is 4.42 Å². The third-order valence-electron chi connectivity index (χ3n) is 2.10. The molecule has 0 saturated carbocycles. The zero-order chi connectivity index (χ0) is 10.1. The highest BCUT2D eigenvalue weighted by Crippen LogP contribution is 2.27. The minimum atomic E-state index is 0.0488. The Hall–Kier alpha value is -1.35. The number of rotatable bonds is 2. The number of Topliss-reactive ketones (excluding diaryl/α,β-unsaturated/α-hetero) is 1. The Morgan fingerprint density at radius 2 is 2.29 bits per heavy atom. The highest BCUT2D eigenvalue weighted by atomic mass is 32.1. The SMILES string of the molecule is CC(=O)c1cc(-c2ccsc2)oc1C. The Balaban J connectivity index is 2.48. The number of furan rings is 1. The molecule has 2 aromatic heterocycles. The van der Waals surface area contributed by atoms with Crippen molar-refractivity contribution in [3.63, 3.8) is 0 Å². The molecule has 72 valence electrons. The van der Waals surface area contributed by atoms with Crippen molar-refractivity contribution in [1.82, 2.24) is 0 Å². The van der Waals surface area contributed by atoms with Crippen LogP contribution in [0.25, 0.3) is 11.3 Å². The van der Waals surface area contributed by atoms with Crippen molar-refractivity contribution < 1.29 is 9.21 Å². The average Bonchev–Trinajstić information content (AvgIpc) is 2.70. The highest BCUT2D eigenvalue weighted by Gasteiger charge is 2.12. The van der Waals surface area contributed by atoms with E-state index < -0.39 is 0 Å². The summed E-state index contributed by atoms with van der Waals surface area (Å²) in [4.78, 5) is 11.2. The molecule has 0 fully saturated rings. The van der Waals surface area contributed by atoms with Gasteiger partial charge in [0.2, 0.25) is 0 Å². The maximum atomic E-state index is 11.2. The first-order valence-corrected chi connectivity index (χ1v) is 5.26. The normalized spacial score (nSPS) is 10.4. The van der Waals surface area contributed by atoms with Crippen molar-refractivity contribution in [2.45, 2.75) is 13.8 Å². The predicted molar refractivity (Wildman–Crippen MR) is 56.8 cm³/mol. The summed E-state index contributed by atoms with van der Waals surface area (Å²) < 4.78 is 5.51. The van der Waals surface area contributed by atoms with Crippen molar-refractivity contribution in [1.29, 1.82) is 0 Å². The smallest absolute Gasteiger partial charge is 0.163 e.